The summed E-state index contributed by atoms with van der Waals surface area (Å²) < 4.78 is 30.4. The number of alkyl halides is 2. The van der Waals surface area contributed by atoms with Crippen molar-refractivity contribution in [1.29, 1.82) is 0 Å². The normalized spacial score (nSPS) is 15.1. The van der Waals surface area contributed by atoms with Crippen molar-refractivity contribution in [3.63, 3.8) is 0 Å². The first-order valence-electron chi connectivity index (χ1n) is 4.88. The molecule has 1 aromatic rings. The fraction of sp³-hybridized carbons (Fsp3) is 0.455. The maximum absolute atomic E-state index is 12.6. The van der Waals surface area contributed by atoms with Crippen molar-refractivity contribution in [3.05, 3.63) is 29.3 Å². The predicted molar refractivity (Wildman–Crippen MR) is 53.1 cm³/mol. The highest BCUT2D eigenvalue weighted by Crippen LogP contribution is 2.27. The van der Waals surface area contributed by atoms with Gasteiger partial charge < -0.3 is 10.1 Å². The van der Waals surface area contributed by atoms with Crippen LogP contribution in [0, 0.1) is 0 Å². The summed E-state index contributed by atoms with van der Waals surface area (Å²) in [6, 6.07) is 5.54. The van der Waals surface area contributed by atoms with E-state index in [2.05, 4.69) is 5.32 Å². The van der Waals surface area contributed by atoms with Gasteiger partial charge in [0, 0.05) is 25.6 Å². The van der Waals surface area contributed by atoms with Crippen molar-refractivity contribution in [2.45, 2.75) is 25.9 Å². The standard InChI is InChI=1S/C11H13F2NO/c1-11(12,13)7-15-10-4-2-3-8-5-14-6-9(8)10/h2-4,14H,5-7H2,1H3. The van der Waals surface area contributed by atoms with Crippen LogP contribution >= 0.6 is 0 Å². The van der Waals surface area contributed by atoms with Gasteiger partial charge in [-0.1, -0.05) is 12.1 Å². The first kappa shape index (κ1) is 10.4. The van der Waals surface area contributed by atoms with Crippen LogP contribution in [0.25, 0.3) is 0 Å². The molecule has 15 heavy (non-hydrogen) atoms. The topological polar surface area (TPSA) is 21.3 Å². The second-order valence-electron chi connectivity index (χ2n) is 3.86. The van der Waals surface area contributed by atoms with Crippen LogP contribution < -0.4 is 10.1 Å². The highest BCUT2D eigenvalue weighted by molar-refractivity contribution is 5.42. The lowest BCUT2D eigenvalue weighted by Gasteiger charge is -2.14. The first-order chi connectivity index (χ1) is 7.06. The number of halogens is 2. The van der Waals surface area contributed by atoms with E-state index in [4.69, 9.17) is 4.74 Å². The van der Waals surface area contributed by atoms with Crippen LogP contribution in [-0.2, 0) is 13.1 Å². The minimum atomic E-state index is -2.78. The number of nitrogens with one attached hydrogen (secondary N) is 1. The van der Waals surface area contributed by atoms with Gasteiger partial charge in [-0.2, -0.15) is 0 Å². The van der Waals surface area contributed by atoms with Crippen LogP contribution in [-0.4, -0.2) is 12.5 Å². The molecule has 0 amide bonds. The summed E-state index contributed by atoms with van der Waals surface area (Å²) in [6.07, 6.45) is 0. The van der Waals surface area contributed by atoms with Crippen molar-refractivity contribution < 1.29 is 13.5 Å². The molecule has 0 saturated heterocycles. The highest BCUT2D eigenvalue weighted by atomic mass is 19.3. The molecule has 0 radical (unpaired) electrons. The Balaban J connectivity index is 2.12. The molecule has 4 heteroatoms. The van der Waals surface area contributed by atoms with Crippen LogP contribution in [0.15, 0.2) is 18.2 Å². The first-order valence-corrected chi connectivity index (χ1v) is 4.88. The largest absolute Gasteiger partial charge is 0.487 e. The van der Waals surface area contributed by atoms with E-state index in [9.17, 15) is 8.78 Å². The van der Waals surface area contributed by atoms with Crippen LogP contribution in [0.2, 0.25) is 0 Å². The molecule has 0 spiro atoms. The summed E-state index contributed by atoms with van der Waals surface area (Å²) in [6.45, 7) is 1.77. The maximum atomic E-state index is 12.6. The monoisotopic (exact) mass is 213 g/mol. The SMILES string of the molecule is CC(F)(F)COc1cccc2c1CNC2. The van der Waals surface area contributed by atoms with E-state index >= 15 is 0 Å². The Kier molecular flexibility index (Phi) is 2.61. The number of benzene rings is 1. The molecular weight excluding hydrogens is 200 g/mol. The Labute approximate surface area is 87.2 Å². The van der Waals surface area contributed by atoms with Gasteiger partial charge in [-0.15, -0.1) is 0 Å². The summed E-state index contributed by atoms with van der Waals surface area (Å²) in [5.74, 6) is -2.21. The number of hydrogen-bond acceptors (Lipinski definition) is 2. The van der Waals surface area contributed by atoms with Crippen molar-refractivity contribution in [3.8, 4) is 5.75 Å². The third-order valence-corrected chi connectivity index (χ3v) is 2.33. The second kappa shape index (κ2) is 3.77. The third-order valence-electron chi connectivity index (χ3n) is 2.33. The summed E-state index contributed by atoms with van der Waals surface area (Å²) >= 11 is 0. The molecule has 0 saturated carbocycles. The lowest BCUT2D eigenvalue weighted by molar-refractivity contribution is -0.0231. The molecule has 0 fully saturated rings. The van der Waals surface area contributed by atoms with Crippen LogP contribution in [0.1, 0.15) is 18.1 Å². The van der Waals surface area contributed by atoms with E-state index in [1.165, 1.54) is 0 Å². The Morgan fingerprint density at radius 1 is 1.40 bits per heavy atom. The van der Waals surface area contributed by atoms with Crippen molar-refractivity contribution in [2.24, 2.45) is 0 Å². The van der Waals surface area contributed by atoms with Gasteiger partial charge in [0.2, 0.25) is 0 Å². The van der Waals surface area contributed by atoms with Gasteiger partial charge >= 0.3 is 0 Å². The molecule has 1 aromatic carbocycles. The zero-order valence-electron chi connectivity index (χ0n) is 8.52. The minimum Gasteiger partial charge on any atom is -0.487 e. The average Bonchev–Trinajstić information content (AvgIpc) is 2.61. The summed E-state index contributed by atoms with van der Waals surface area (Å²) in [5.41, 5.74) is 2.13. The Hall–Kier alpha value is -1.16. The van der Waals surface area contributed by atoms with Gasteiger partial charge in [0.05, 0.1) is 0 Å². The lowest BCUT2D eigenvalue weighted by Crippen LogP contribution is -2.21. The Morgan fingerprint density at radius 3 is 2.93 bits per heavy atom. The number of fused-ring (bicyclic) bond motifs is 1. The van der Waals surface area contributed by atoms with Crippen LogP contribution in [0.3, 0.4) is 0 Å². The zero-order chi connectivity index (χ0) is 10.9. The molecule has 0 aromatic heterocycles. The van der Waals surface area contributed by atoms with Crippen molar-refractivity contribution in [1.82, 2.24) is 5.32 Å². The minimum absolute atomic E-state index is 0.566. The van der Waals surface area contributed by atoms with Crippen molar-refractivity contribution in [2.75, 3.05) is 6.61 Å². The zero-order valence-corrected chi connectivity index (χ0v) is 8.52. The third kappa shape index (κ3) is 2.45. The summed E-state index contributed by atoms with van der Waals surface area (Å²) in [7, 11) is 0. The van der Waals surface area contributed by atoms with E-state index in [1.807, 2.05) is 12.1 Å². The molecule has 0 atom stereocenters. The number of rotatable bonds is 3. The van der Waals surface area contributed by atoms with Gasteiger partial charge in [0.25, 0.3) is 5.92 Å². The lowest BCUT2D eigenvalue weighted by atomic mass is 10.1. The molecule has 0 aliphatic carbocycles. The fourth-order valence-corrected chi connectivity index (χ4v) is 1.64. The molecular formula is C11H13F2NO. The van der Waals surface area contributed by atoms with Gasteiger partial charge in [-0.3, -0.25) is 0 Å². The van der Waals surface area contributed by atoms with E-state index in [1.54, 1.807) is 6.07 Å². The second-order valence-corrected chi connectivity index (χ2v) is 3.86. The molecule has 0 unspecified atom stereocenters. The number of ether oxygens (including phenoxy) is 1. The summed E-state index contributed by atoms with van der Waals surface area (Å²) in [4.78, 5) is 0. The van der Waals surface area contributed by atoms with E-state index in [0.717, 1.165) is 24.6 Å². The smallest absolute Gasteiger partial charge is 0.278 e. The van der Waals surface area contributed by atoms with Crippen molar-refractivity contribution >= 4 is 0 Å². The quantitative estimate of drug-likeness (QED) is 0.832. The fourth-order valence-electron chi connectivity index (χ4n) is 1.64. The maximum Gasteiger partial charge on any atom is 0.278 e. The van der Waals surface area contributed by atoms with Gasteiger partial charge in [0.15, 0.2) is 6.61 Å². The van der Waals surface area contributed by atoms with E-state index in [0.29, 0.717) is 12.3 Å². The van der Waals surface area contributed by atoms with Gasteiger partial charge in [0.1, 0.15) is 5.75 Å². The Bertz CT molecular complexity index is 360. The van der Waals surface area contributed by atoms with Gasteiger partial charge in [-0.25, -0.2) is 8.78 Å². The molecule has 1 heterocycles. The highest BCUT2D eigenvalue weighted by Gasteiger charge is 2.23. The molecule has 0 bridgehead atoms. The van der Waals surface area contributed by atoms with E-state index < -0.39 is 12.5 Å². The van der Waals surface area contributed by atoms with Crippen LogP contribution in [0.5, 0.6) is 5.75 Å². The number of hydrogen-bond donors (Lipinski definition) is 1. The van der Waals surface area contributed by atoms with E-state index in [-0.39, 0.29) is 0 Å². The molecule has 2 rings (SSSR count). The van der Waals surface area contributed by atoms with Gasteiger partial charge in [-0.05, 0) is 11.6 Å². The average molecular weight is 213 g/mol. The molecule has 1 aliphatic heterocycles. The molecule has 1 N–H and O–H groups in total. The summed E-state index contributed by atoms with van der Waals surface area (Å²) in [5, 5.41) is 3.16. The molecule has 2 nitrogen and oxygen atoms in total. The predicted octanol–water partition coefficient (Wildman–Crippen LogP) is 2.32. The molecule has 1 aliphatic rings. The Morgan fingerprint density at radius 2 is 2.20 bits per heavy atom. The van der Waals surface area contributed by atoms with Crippen LogP contribution in [0.4, 0.5) is 8.78 Å². The molecule has 82 valence electrons.